The third-order valence-corrected chi connectivity index (χ3v) is 3.89. The molecule has 1 aliphatic heterocycles. The number of ether oxygens (including phenoxy) is 2. The maximum atomic E-state index is 13.0. The van der Waals surface area contributed by atoms with Crippen LogP contribution in [0.25, 0.3) is 0 Å². The summed E-state index contributed by atoms with van der Waals surface area (Å²) in [6.45, 7) is 5.64. The van der Waals surface area contributed by atoms with Gasteiger partial charge in [-0.2, -0.15) is 0 Å². The summed E-state index contributed by atoms with van der Waals surface area (Å²) in [5.41, 5.74) is 0. The van der Waals surface area contributed by atoms with Crippen LogP contribution >= 0.6 is 15.9 Å². The Hall–Kier alpha value is -0.650. The standard InChI is InChI=1S/C15H21BrFNO2/c1-10(2)18-8-12-4-5-13(20-12)9-19-15-6-3-11(17)7-14(15)16/h3,6-7,10,12-13,18H,4-5,8-9H2,1-2H3. The van der Waals surface area contributed by atoms with Gasteiger partial charge in [0.15, 0.2) is 0 Å². The molecular weight excluding hydrogens is 325 g/mol. The van der Waals surface area contributed by atoms with Gasteiger partial charge in [-0.25, -0.2) is 4.39 Å². The van der Waals surface area contributed by atoms with Crippen LogP contribution in [0.3, 0.4) is 0 Å². The summed E-state index contributed by atoms with van der Waals surface area (Å²) in [6, 6.07) is 4.90. The lowest BCUT2D eigenvalue weighted by molar-refractivity contribution is 0.0177. The third-order valence-electron chi connectivity index (χ3n) is 3.27. The van der Waals surface area contributed by atoms with Crippen LogP contribution in [0.4, 0.5) is 4.39 Å². The van der Waals surface area contributed by atoms with E-state index in [1.807, 2.05) is 0 Å². The van der Waals surface area contributed by atoms with Gasteiger partial charge >= 0.3 is 0 Å². The molecule has 2 atom stereocenters. The Labute approximate surface area is 128 Å². The molecule has 1 saturated heterocycles. The Balaban J connectivity index is 1.75. The van der Waals surface area contributed by atoms with Gasteiger partial charge in [-0.3, -0.25) is 0 Å². The summed E-state index contributed by atoms with van der Waals surface area (Å²) in [5, 5.41) is 3.38. The second kappa shape index (κ2) is 7.38. The molecule has 0 saturated carbocycles. The smallest absolute Gasteiger partial charge is 0.133 e. The Kier molecular flexibility index (Phi) is 5.81. The van der Waals surface area contributed by atoms with Crippen LogP contribution in [0.2, 0.25) is 0 Å². The first-order valence-corrected chi connectivity index (χ1v) is 7.80. The molecule has 2 unspecified atom stereocenters. The first-order chi connectivity index (χ1) is 9.54. The number of halogens is 2. The van der Waals surface area contributed by atoms with Crippen LogP contribution < -0.4 is 10.1 Å². The highest BCUT2D eigenvalue weighted by Crippen LogP contribution is 2.27. The minimum Gasteiger partial charge on any atom is -0.490 e. The molecule has 2 rings (SSSR count). The largest absolute Gasteiger partial charge is 0.490 e. The van der Waals surface area contributed by atoms with Crippen molar-refractivity contribution in [2.45, 2.75) is 44.9 Å². The quantitative estimate of drug-likeness (QED) is 0.855. The predicted octanol–water partition coefficient (Wildman–Crippen LogP) is 3.51. The summed E-state index contributed by atoms with van der Waals surface area (Å²) in [4.78, 5) is 0. The van der Waals surface area contributed by atoms with Crippen molar-refractivity contribution in [1.82, 2.24) is 5.32 Å². The monoisotopic (exact) mass is 345 g/mol. The average molecular weight is 346 g/mol. The molecule has 0 aliphatic carbocycles. The molecule has 1 fully saturated rings. The van der Waals surface area contributed by atoms with E-state index in [-0.39, 0.29) is 18.0 Å². The highest BCUT2D eigenvalue weighted by Gasteiger charge is 2.25. The second-order valence-corrected chi connectivity index (χ2v) is 6.26. The van der Waals surface area contributed by atoms with Crippen molar-refractivity contribution in [1.29, 1.82) is 0 Å². The van der Waals surface area contributed by atoms with Gasteiger partial charge in [-0.1, -0.05) is 13.8 Å². The fraction of sp³-hybridized carbons (Fsp3) is 0.600. The van der Waals surface area contributed by atoms with Crippen LogP contribution in [-0.2, 0) is 4.74 Å². The van der Waals surface area contributed by atoms with Gasteiger partial charge in [0, 0.05) is 12.6 Å². The summed E-state index contributed by atoms with van der Waals surface area (Å²) >= 11 is 3.29. The van der Waals surface area contributed by atoms with E-state index < -0.39 is 0 Å². The van der Waals surface area contributed by atoms with Gasteiger partial charge in [0.2, 0.25) is 0 Å². The van der Waals surface area contributed by atoms with Gasteiger partial charge in [-0.05, 0) is 47.0 Å². The van der Waals surface area contributed by atoms with Crippen molar-refractivity contribution in [3.8, 4) is 5.75 Å². The molecule has 0 spiro atoms. The molecule has 0 bridgehead atoms. The van der Waals surface area contributed by atoms with Crippen LogP contribution in [-0.4, -0.2) is 31.4 Å². The molecule has 1 heterocycles. The van der Waals surface area contributed by atoms with Crippen molar-refractivity contribution in [2.75, 3.05) is 13.2 Å². The number of rotatable bonds is 6. The van der Waals surface area contributed by atoms with Crippen molar-refractivity contribution in [3.05, 3.63) is 28.5 Å². The Morgan fingerprint density at radius 1 is 1.40 bits per heavy atom. The molecule has 112 valence electrons. The van der Waals surface area contributed by atoms with Crippen LogP contribution in [0.5, 0.6) is 5.75 Å². The van der Waals surface area contributed by atoms with Gasteiger partial charge in [0.25, 0.3) is 0 Å². The number of hydrogen-bond donors (Lipinski definition) is 1. The fourth-order valence-electron chi connectivity index (χ4n) is 2.19. The summed E-state index contributed by atoms with van der Waals surface area (Å²) in [6.07, 6.45) is 2.44. The van der Waals surface area contributed by atoms with E-state index >= 15 is 0 Å². The first kappa shape index (κ1) is 15.7. The van der Waals surface area contributed by atoms with E-state index in [1.165, 1.54) is 12.1 Å². The van der Waals surface area contributed by atoms with Gasteiger partial charge in [0.05, 0.1) is 16.7 Å². The van der Waals surface area contributed by atoms with Gasteiger partial charge in [0.1, 0.15) is 18.2 Å². The number of benzene rings is 1. The summed E-state index contributed by atoms with van der Waals surface area (Å²) < 4.78 is 25.2. The summed E-state index contributed by atoms with van der Waals surface area (Å²) in [7, 11) is 0. The van der Waals surface area contributed by atoms with E-state index in [0.717, 1.165) is 19.4 Å². The minimum absolute atomic E-state index is 0.117. The van der Waals surface area contributed by atoms with Gasteiger partial charge < -0.3 is 14.8 Å². The van der Waals surface area contributed by atoms with Crippen LogP contribution in [0, 0.1) is 5.82 Å². The molecule has 1 aliphatic rings. The molecule has 1 N–H and O–H groups in total. The zero-order valence-electron chi connectivity index (χ0n) is 11.9. The van der Waals surface area contributed by atoms with Crippen molar-refractivity contribution < 1.29 is 13.9 Å². The zero-order valence-corrected chi connectivity index (χ0v) is 13.5. The lowest BCUT2D eigenvalue weighted by atomic mass is 10.2. The molecule has 3 nitrogen and oxygen atoms in total. The Bertz CT molecular complexity index is 442. The molecule has 5 heteroatoms. The average Bonchev–Trinajstić information content (AvgIpc) is 2.83. The molecule has 1 aromatic rings. The normalized spacial score (nSPS) is 22.4. The molecule has 0 aromatic heterocycles. The number of nitrogens with one attached hydrogen (secondary N) is 1. The molecule has 0 radical (unpaired) electrons. The highest BCUT2D eigenvalue weighted by atomic mass is 79.9. The number of hydrogen-bond acceptors (Lipinski definition) is 3. The Morgan fingerprint density at radius 3 is 2.85 bits per heavy atom. The topological polar surface area (TPSA) is 30.5 Å². The third kappa shape index (κ3) is 4.72. The van der Waals surface area contributed by atoms with Crippen molar-refractivity contribution in [3.63, 3.8) is 0 Å². The van der Waals surface area contributed by atoms with E-state index in [2.05, 4.69) is 35.1 Å². The van der Waals surface area contributed by atoms with E-state index in [1.54, 1.807) is 6.07 Å². The van der Waals surface area contributed by atoms with Crippen molar-refractivity contribution in [2.24, 2.45) is 0 Å². The lowest BCUT2D eigenvalue weighted by Crippen LogP contribution is -2.32. The first-order valence-electron chi connectivity index (χ1n) is 7.01. The zero-order chi connectivity index (χ0) is 14.5. The Morgan fingerprint density at radius 2 is 2.15 bits per heavy atom. The maximum absolute atomic E-state index is 13.0. The van der Waals surface area contributed by atoms with Crippen molar-refractivity contribution >= 4 is 15.9 Å². The van der Waals surface area contributed by atoms with Crippen LogP contribution in [0.15, 0.2) is 22.7 Å². The molecule has 20 heavy (non-hydrogen) atoms. The van der Waals surface area contributed by atoms with Crippen LogP contribution in [0.1, 0.15) is 26.7 Å². The predicted molar refractivity (Wildman–Crippen MR) is 80.6 cm³/mol. The molecule has 0 amide bonds. The second-order valence-electron chi connectivity index (χ2n) is 5.41. The minimum atomic E-state index is -0.277. The SMILES string of the molecule is CC(C)NCC1CCC(COc2ccc(F)cc2Br)O1. The maximum Gasteiger partial charge on any atom is 0.133 e. The molecule has 1 aromatic carbocycles. The van der Waals surface area contributed by atoms with E-state index in [4.69, 9.17) is 9.47 Å². The van der Waals surface area contributed by atoms with E-state index in [0.29, 0.717) is 22.9 Å². The fourth-order valence-corrected chi connectivity index (χ4v) is 2.66. The van der Waals surface area contributed by atoms with E-state index in [9.17, 15) is 4.39 Å². The lowest BCUT2D eigenvalue weighted by Gasteiger charge is -2.16. The summed E-state index contributed by atoms with van der Waals surface area (Å²) in [5.74, 6) is 0.375. The highest BCUT2D eigenvalue weighted by molar-refractivity contribution is 9.10. The van der Waals surface area contributed by atoms with Gasteiger partial charge in [-0.15, -0.1) is 0 Å². The molecular formula is C15H21BrFNO2.